The summed E-state index contributed by atoms with van der Waals surface area (Å²) in [6.45, 7) is 4.09. The minimum absolute atomic E-state index is 0.0382. The Morgan fingerprint density at radius 3 is 2.46 bits per heavy atom. The van der Waals surface area contributed by atoms with Crippen molar-refractivity contribution in [3.63, 3.8) is 0 Å². The van der Waals surface area contributed by atoms with Crippen molar-refractivity contribution >= 4 is 11.9 Å². The topological polar surface area (TPSA) is 92.4 Å². The van der Waals surface area contributed by atoms with Gasteiger partial charge in [0.2, 0.25) is 5.76 Å². The van der Waals surface area contributed by atoms with E-state index < -0.39 is 17.9 Å². The Hall–Kier alpha value is -2.63. The second-order valence-corrected chi connectivity index (χ2v) is 5.68. The fraction of sp³-hybridized carbons (Fsp3) is 0.389. The van der Waals surface area contributed by atoms with Gasteiger partial charge < -0.3 is 14.9 Å². The molecular weight excluding hydrogens is 308 g/mol. The third-order valence-electron chi connectivity index (χ3n) is 4.04. The third kappa shape index (κ3) is 4.44. The number of aromatic nitrogens is 1. The first-order chi connectivity index (χ1) is 11.5. The number of nitrogens with zero attached hydrogens (tertiary/aromatic N) is 1. The molecule has 6 heteroatoms. The lowest BCUT2D eigenvalue weighted by Gasteiger charge is -2.13. The molecule has 1 atom stereocenters. The molecule has 1 heterocycles. The molecule has 0 radical (unpaired) electrons. The highest BCUT2D eigenvalue weighted by Crippen LogP contribution is 2.22. The molecule has 6 nitrogen and oxygen atoms in total. The van der Waals surface area contributed by atoms with E-state index in [2.05, 4.69) is 10.5 Å². The summed E-state index contributed by atoms with van der Waals surface area (Å²) in [7, 11) is 0. The molecule has 0 aliphatic rings. The van der Waals surface area contributed by atoms with Crippen molar-refractivity contribution in [1.29, 1.82) is 0 Å². The molecule has 0 aliphatic carbocycles. The van der Waals surface area contributed by atoms with Crippen molar-refractivity contribution in [1.82, 2.24) is 10.5 Å². The number of hydrogen-bond donors (Lipinski definition) is 2. The van der Waals surface area contributed by atoms with E-state index in [1.54, 1.807) is 6.07 Å². The molecule has 0 saturated heterocycles. The average molecular weight is 330 g/mol. The Kier molecular flexibility index (Phi) is 6.12. The number of rotatable bonds is 8. The Morgan fingerprint density at radius 1 is 1.21 bits per heavy atom. The summed E-state index contributed by atoms with van der Waals surface area (Å²) in [6.07, 6.45) is 2.00. The van der Waals surface area contributed by atoms with Crippen LogP contribution in [0.1, 0.15) is 54.4 Å². The zero-order chi connectivity index (χ0) is 17.5. The van der Waals surface area contributed by atoms with Crippen molar-refractivity contribution in [3.8, 4) is 0 Å². The van der Waals surface area contributed by atoms with Crippen LogP contribution in [0.5, 0.6) is 0 Å². The van der Waals surface area contributed by atoms with Crippen LogP contribution < -0.4 is 5.32 Å². The summed E-state index contributed by atoms with van der Waals surface area (Å²) >= 11 is 0. The van der Waals surface area contributed by atoms with Gasteiger partial charge in [-0.1, -0.05) is 49.3 Å². The van der Waals surface area contributed by atoms with Gasteiger partial charge in [0.25, 0.3) is 5.91 Å². The minimum atomic E-state index is -1.09. The van der Waals surface area contributed by atoms with Crippen LogP contribution in [0.4, 0.5) is 0 Å². The summed E-state index contributed by atoms with van der Waals surface area (Å²) in [5.74, 6) is -1.39. The van der Waals surface area contributed by atoms with Crippen LogP contribution >= 0.6 is 0 Å². The van der Waals surface area contributed by atoms with E-state index in [0.717, 1.165) is 24.1 Å². The van der Waals surface area contributed by atoms with E-state index in [9.17, 15) is 14.7 Å². The van der Waals surface area contributed by atoms with Gasteiger partial charge in [-0.25, -0.2) is 4.79 Å². The Bertz CT molecular complexity index is 677. The van der Waals surface area contributed by atoms with E-state index in [-0.39, 0.29) is 18.1 Å². The number of carboxylic acid groups (broad SMARTS) is 1. The van der Waals surface area contributed by atoms with Gasteiger partial charge in [0.05, 0.1) is 5.69 Å². The van der Waals surface area contributed by atoms with E-state index in [4.69, 9.17) is 4.52 Å². The van der Waals surface area contributed by atoms with E-state index >= 15 is 0 Å². The monoisotopic (exact) mass is 330 g/mol. The zero-order valence-electron chi connectivity index (χ0n) is 13.9. The average Bonchev–Trinajstić information content (AvgIpc) is 3.06. The van der Waals surface area contributed by atoms with Crippen LogP contribution in [0.3, 0.4) is 0 Å². The van der Waals surface area contributed by atoms with Gasteiger partial charge in [-0.05, 0) is 18.4 Å². The number of nitrogens with one attached hydrogen (secondary N) is 1. The highest BCUT2D eigenvalue weighted by atomic mass is 16.5. The van der Waals surface area contributed by atoms with Crippen LogP contribution in [0, 0.1) is 0 Å². The molecule has 24 heavy (non-hydrogen) atoms. The summed E-state index contributed by atoms with van der Waals surface area (Å²) in [5, 5.41) is 15.8. The number of hydrogen-bond acceptors (Lipinski definition) is 4. The zero-order valence-corrected chi connectivity index (χ0v) is 13.9. The van der Waals surface area contributed by atoms with E-state index in [0.29, 0.717) is 0 Å². The molecule has 0 bridgehead atoms. The normalized spacial score (nSPS) is 12.1. The third-order valence-corrected chi connectivity index (χ3v) is 4.04. The predicted molar refractivity (Wildman–Crippen MR) is 88.9 cm³/mol. The number of benzene rings is 1. The number of amides is 1. The molecule has 0 fully saturated rings. The molecule has 1 unspecified atom stereocenters. The first-order valence-electron chi connectivity index (χ1n) is 8.09. The molecule has 2 rings (SSSR count). The number of carbonyl (C=O) groups excluding carboxylic acids is 1. The molecule has 0 aliphatic heterocycles. The van der Waals surface area contributed by atoms with Gasteiger partial charge in [0, 0.05) is 18.4 Å². The van der Waals surface area contributed by atoms with Crippen LogP contribution in [-0.2, 0) is 11.2 Å². The van der Waals surface area contributed by atoms with Crippen molar-refractivity contribution in [3.05, 3.63) is 53.4 Å². The van der Waals surface area contributed by atoms with Gasteiger partial charge in [0.1, 0.15) is 6.04 Å². The molecular formula is C18H22N2O4. The Labute approximate surface area is 140 Å². The quantitative estimate of drug-likeness (QED) is 0.776. The van der Waals surface area contributed by atoms with Crippen LogP contribution in [0.25, 0.3) is 0 Å². The van der Waals surface area contributed by atoms with Gasteiger partial charge >= 0.3 is 5.97 Å². The second kappa shape index (κ2) is 8.29. The molecule has 1 aromatic heterocycles. The Morgan fingerprint density at radius 2 is 1.88 bits per heavy atom. The first-order valence-corrected chi connectivity index (χ1v) is 8.09. The van der Waals surface area contributed by atoms with Crippen molar-refractivity contribution in [2.75, 3.05) is 0 Å². The SMILES string of the molecule is CCC(CC)c1cc(C(=O)NC(Cc2ccccc2)C(=O)O)on1. The first kappa shape index (κ1) is 17.7. The minimum Gasteiger partial charge on any atom is -0.480 e. The van der Waals surface area contributed by atoms with Crippen LogP contribution in [0.2, 0.25) is 0 Å². The second-order valence-electron chi connectivity index (χ2n) is 5.68. The fourth-order valence-electron chi connectivity index (χ4n) is 2.57. The maximum atomic E-state index is 12.3. The predicted octanol–water partition coefficient (Wildman–Crippen LogP) is 3.00. The maximum Gasteiger partial charge on any atom is 0.326 e. The van der Waals surface area contributed by atoms with Gasteiger partial charge in [0.15, 0.2) is 0 Å². The summed E-state index contributed by atoms with van der Waals surface area (Å²) in [4.78, 5) is 23.7. The van der Waals surface area contributed by atoms with Crippen LogP contribution in [-0.4, -0.2) is 28.2 Å². The summed E-state index contributed by atoms with van der Waals surface area (Å²) in [6, 6.07) is 9.72. The number of aliphatic carboxylic acids is 1. The smallest absolute Gasteiger partial charge is 0.326 e. The largest absolute Gasteiger partial charge is 0.480 e. The number of carbonyl (C=O) groups is 2. The molecule has 2 N–H and O–H groups in total. The van der Waals surface area contributed by atoms with Crippen LogP contribution in [0.15, 0.2) is 40.9 Å². The molecule has 0 spiro atoms. The Balaban J connectivity index is 2.07. The van der Waals surface area contributed by atoms with Crippen molar-refractivity contribution in [2.24, 2.45) is 0 Å². The molecule has 128 valence electrons. The molecule has 1 amide bonds. The fourth-order valence-corrected chi connectivity index (χ4v) is 2.57. The maximum absolute atomic E-state index is 12.3. The summed E-state index contributed by atoms with van der Waals surface area (Å²) < 4.78 is 5.09. The lowest BCUT2D eigenvalue weighted by atomic mass is 9.99. The van der Waals surface area contributed by atoms with Gasteiger partial charge in [-0.2, -0.15) is 0 Å². The highest BCUT2D eigenvalue weighted by molar-refractivity contribution is 5.94. The lowest BCUT2D eigenvalue weighted by molar-refractivity contribution is -0.139. The molecule has 1 aromatic carbocycles. The molecule has 0 saturated carbocycles. The summed E-state index contributed by atoms with van der Waals surface area (Å²) in [5.41, 5.74) is 1.56. The van der Waals surface area contributed by atoms with E-state index in [1.807, 2.05) is 44.2 Å². The van der Waals surface area contributed by atoms with Gasteiger partial charge in [-0.15, -0.1) is 0 Å². The number of carboxylic acids is 1. The van der Waals surface area contributed by atoms with Crippen molar-refractivity contribution < 1.29 is 19.2 Å². The van der Waals surface area contributed by atoms with Gasteiger partial charge in [-0.3, -0.25) is 4.79 Å². The lowest BCUT2D eigenvalue weighted by Crippen LogP contribution is -2.42. The highest BCUT2D eigenvalue weighted by Gasteiger charge is 2.24. The van der Waals surface area contributed by atoms with Crippen molar-refractivity contribution in [2.45, 2.75) is 45.1 Å². The molecule has 2 aromatic rings. The standard InChI is InChI=1S/C18H22N2O4/c1-3-13(4-2)14-11-16(24-20-14)17(21)19-15(18(22)23)10-12-8-6-5-7-9-12/h5-9,11,13,15H,3-4,10H2,1-2H3,(H,19,21)(H,22,23). The van der Waals surface area contributed by atoms with E-state index in [1.165, 1.54) is 0 Å².